The zero-order valence-corrected chi connectivity index (χ0v) is 23.5. The highest BCUT2D eigenvalue weighted by Gasteiger charge is 2.34. The lowest BCUT2D eigenvalue weighted by atomic mass is 10.1. The van der Waals surface area contributed by atoms with Gasteiger partial charge in [0.2, 0.25) is 10.0 Å². The number of hydrogen-bond donors (Lipinski definition) is 2. The summed E-state index contributed by atoms with van der Waals surface area (Å²) < 4.78 is 70.6. The van der Waals surface area contributed by atoms with E-state index in [1.165, 1.54) is 36.4 Å². The fourth-order valence-corrected chi connectivity index (χ4v) is 5.54. The van der Waals surface area contributed by atoms with Gasteiger partial charge >= 0.3 is 6.18 Å². The minimum absolute atomic E-state index is 0.170. The highest BCUT2D eigenvalue weighted by atomic mass is 35.5. The van der Waals surface area contributed by atoms with E-state index in [4.69, 9.17) is 16.3 Å². The molecule has 1 aliphatic rings. The molecule has 1 atom stereocenters. The topological polar surface area (TPSA) is 102 Å². The summed E-state index contributed by atoms with van der Waals surface area (Å²) in [6.07, 6.45) is -3.46. The zero-order chi connectivity index (χ0) is 29.8. The number of hydroxylamine groups is 1. The number of rotatable bonds is 9. The molecule has 9 nitrogen and oxygen atoms in total. The van der Waals surface area contributed by atoms with Gasteiger partial charge in [-0.1, -0.05) is 11.6 Å². The standard InChI is InChI=1S/C27H28ClF3N4O5S/c1-41(38,39)35(22-8-12-24(13-9-22)40-23-10-2-19(3-11-23)27(29,30)31)18-25(26(36)32-37)34-16-14-33(15-17-34)21-6-4-20(28)5-7-21/h2-13,25,37H,14-18H2,1H3,(H,32,36)/t25-/m0/s1. The van der Waals surface area contributed by atoms with E-state index in [-0.39, 0.29) is 23.7 Å². The van der Waals surface area contributed by atoms with Gasteiger partial charge in [-0.25, -0.2) is 13.9 Å². The molecule has 0 aliphatic carbocycles. The largest absolute Gasteiger partial charge is 0.457 e. The summed E-state index contributed by atoms with van der Waals surface area (Å²) in [5, 5.41) is 10.0. The number of sulfonamides is 1. The summed E-state index contributed by atoms with van der Waals surface area (Å²) >= 11 is 5.98. The maximum absolute atomic E-state index is 12.8. The monoisotopic (exact) mass is 612 g/mol. The number of halogens is 4. The molecular weight excluding hydrogens is 585 g/mol. The van der Waals surface area contributed by atoms with E-state index in [1.54, 1.807) is 22.5 Å². The van der Waals surface area contributed by atoms with Gasteiger partial charge in [-0.05, 0) is 72.8 Å². The van der Waals surface area contributed by atoms with Crippen LogP contribution < -0.4 is 19.4 Å². The van der Waals surface area contributed by atoms with Gasteiger partial charge in [0.05, 0.1) is 24.1 Å². The van der Waals surface area contributed by atoms with Crippen molar-refractivity contribution >= 4 is 38.9 Å². The van der Waals surface area contributed by atoms with E-state index in [0.717, 1.165) is 28.4 Å². The number of hydrogen-bond acceptors (Lipinski definition) is 7. The number of nitrogens with zero attached hydrogens (tertiary/aromatic N) is 3. The zero-order valence-electron chi connectivity index (χ0n) is 21.9. The molecule has 41 heavy (non-hydrogen) atoms. The van der Waals surface area contributed by atoms with Crippen LogP contribution in [0.1, 0.15) is 5.56 Å². The molecule has 0 aromatic heterocycles. The highest BCUT2D eigenvalue weighted by molar-refractivity contribution is 7.92. The molecule has 0 unspecified atom stereocenters. The number of benzene rings is 3. The molecule has 1 amide bonds. The Kier molecular flexibility index (Phi) is 9.32. The third kappa shape index (κ3) is 7.82. The van der Waals surface area contributed by atoms with Gasteiger partial charge in [0.25, 0.3) is 5.91 Å². The molecule has 2 N–H and O–H groups in total. The molecule has 0 radical (unpaired) electrons. The average Bonchev–Trinajstić information content (AvgIpc) is 2.94. The van der Waals surface area contributed by atoms with E-state index in [0.29, 0.717) is 31.2 Å². The van der Waals surface area contributed by atoms with Crippen LogP contribution in [-0.4, -0.2) is 69.5 Å². The third-order valence-electron chi connectivity index (χ3n) is 6.64. The molecular formula is C27H28ClF3N4O5S. The Hall–Kier alpha value is -3.52. The first-order valence-electron chi connectivity index (χ1n) is 12.5. The summed E-state index contributed by atoms with van der Waals surface area (Å²) in [5.74, 6) is -0.311. The summed E-state index contributed by atoms with van der Waals surface area (Å²) in [6, 6.07) is 16.4. The van der Waals surface area contributed by atoms with Gasteiger partial charge < -0.3 is 9.64 Å². The van der Waals surface area contributed by atoms with Crippen LogP contribution in [0.2, 0.25) is 5.02 Å². The number of anilines is 2. The summed E-state index contributed by atoms with van der Waals surface area (Å²) in [7, 11) is -3.87. The Morgan fingerprint density at radius 2 is 1.51 bits per heavy atom. The van der Waals surface area contributed by atoms with Crippen LogP contribution in [0, 0.1) is 0 Å². The van der Waals surface area contributed by atoms with Crippen molar-refractivity contribution in [3.63, 3.8) is 0 Å². The number of alkyl halides is 3. The molecule has 3 aromatic rings. The van der Waals surface area contributed by atoms with Crippen LogP contribution >= 0.6 is 11.6 Å². The van der Waals surface area contributed by atoms with Crippen molar-refractivity contribution in [2.75, 3.05) is 48.2 Å². The Morgan fingerprint density at radius 3 is 2.00 bits per heavy atom. The summed E-state index contributed by atoms with van der Waals surface area (Å²) in [5.41, 5.74) is 2.05. The predicted molar refractivity (Wildman–Crippen MR) is 149 cm³/mol. The number of carbonyl (C=O) groups is 1. The van der Waals surface area contributed by atoms with Crippen molar-refractivity contribution in [1.29, 1.82) is 0 Å². The predicted octanol–water partition coefficient (Wildman–Crippen LogP) is 4.61. The van der Waals surface area contributed by atoms with Gasteiger partial charge in [-0.2, -0.15) is 13.2 Å². The number of piperazine rings is 1. The second kappa shape index (κ2) is 12.6. The lowest BCUT2D eigenvalue weighted by Gasteiger charge is -2.40. The van der Waals surface area contributed by atoms with Crippen LogP contribution in [0.15, 0.2) is 72.8 Å². The first-order chi connectivity index (χ1) is 19.3. The second-order valence-corrected chi connectivity index (χ2v) is 11.7. The molecule has 1 aliphatic heterocycles. The van der Waals surface area contributed by atoms with E-state index >= 15 is 0 Å². The van der Waals surface area contributed by atoms with Crippen LogP contribution in [0.25, 0.3) is 0 Å². The van der Waals surface area contributed by atoms with Gasteiger partial charge in [0.15, 0.2) is 0 Å². The summed E-state index contributed by atoms with van der Waals surface area (Å²) in [4.78, 5) is 16.6. The second-order valence-electron chi connectivity index (χ2n) is 9.40. The SMILES string of the molecule is CS(=O)(=O)N(C[C@@H](C(=O)NO)N1CCN(c2ccc(Cl)cc2)CC1)c1ccc(Oc2ccc(C(F)(F)F)cc2)cc1. The van der Waals surface area contributed by atoms with E-state index in [2.05, 4.69) is 4.90 Å². The first-order valence-corrected chi connectivity index (χ1v) is 14.7. The van der Waals surface area contributed by atoms with Crippen molar-refractivity contribution in [2.45, 2.75) is 12.2 Å². The highest BCUT2D eigenvalue weighted by Crippen LogP contribution is 2.32. The van der Waals surface area contributed by atoms with Gasteiger partial charge in [-0.15, -0.1) is 0 Å². The van der Waals surface area contributed by atoms with Crippen LogP contribution in [0.3, 0.4) is 0 Å². The molecule has 14 heteroatoms. The molecule has 0 spiro atoms. The lowest BCUT2D eigenvalue weighted by molar-refractivity contribution is -0.137. The molecule has 1 heterocycles. The van der Waals surface area contributed by atoms with Crippen LogP contribution in [-0.2, 0) is 21.0 Å². The maximum atomic E-state index is 12.8. The summed E-state index contributed by atoms with van der Waals surface area (Å²) in [6.45, 7) is 1.71. The van der Waals surface area contributed by atoms with Crippen molar-refractivity contribution in [3.05, 3.63) is 83.4 Å². The van der Waals surface area contributed by atoms with Crippen molar-refractivity contribution in [3.8, 4) is 11.5 Å². The van der Waals surface area contributed by atoms with Crippen molar-refractivity contribution in [2.24, 2.45) is 0 Å². The van der Waals surface area contributed by atoms with E-state index in [9.17, 15) is 31.6 Å². The lowest BCUT2D eigenvalue weighted by Crippen LogP contribution is -2.58. The van der Waals surface area contributed by atoms with Gasteiger partial charge in [0, 0.05) is 36.9 Å². The smallest absolute Gasteiger partial charge is 0.416 e. The Bertz CT molecular complexity index is 1430. The first kappa shape index (κ1) is 30.4. The molecule has 3 aromatic carbocycles. The quantitative estimate of drug-likeness (QED) is 0.269. The number of carbonyl (C=O) groups excluding carboxylic acids is 1. The van der Waals surface area contributed by atoms with Crippen molar-refractivity contribution in [1.82, 2.24) is 10.4 Å². The average molecular weight is 613 g/mol. The van der Waals surface area contributed by atoms with Gasteiger partial charge in [0.1, 0.15) is 17.5 Å². The molecule has 4 rings (SSSR count). The molecule has 1 saturated heterocycles. The van der Waals surface area contributed by atoms with Crippen LogP contribution in [0.5, 0.6) is 11.5 Å². The Labute approximate surface area is 240 Å². The minimum Gasteiger partial charge on any atom is -0.457 e. The Balaban J connectivity index is 1.47. The molecule has 0 saturated carbocycles. The van der Waals surface area contributed by atoms with Crippen LogP contribution in [0.4, 0.5) is 24.5 Å². The van der Waals surface area contributed by atoms with E-state index < -0.39 is 33.7 Å². The number of nitrogens with one attached hydrogen (secondary N) is 1. The fraction of sp³-hybridized carbons (Fsp3) is 0.296. The molecule has 1 fully saturated rings. The molecule has 220 valence electrons. The minimum atomic E-state index is -4.47. The number of ether oxygens (including phenoxy) is 1. The number of amides is 1. The fourth-order valence-electron chi connectivity index (χ4n) is 4.50. The third-order valence-corrected chi connectivity index (χ3v) is 8.05. The van der Waals surface area contributed by atoms with E-state index in [1.807, 2.05) is 12.1 Å². The maximum Gasteiger partial charge on any atom is 0.416 e. The Morgan fingerprint density at radius 1 is 0.976 bits per heavy atom. The molecule has 0 bridgehead atoms. The normalized spacial score (nSPS) is 15.3. The van der Waals surface area contributed by atoms with Gasteiger partial charge in [-0.3, -0.25) is 19.2 Å². The van der Waals surface area contributed by atoms with Crippen molar-refractivity contribution < 1.29 is 36.3 Å².